The standard InChI is InChI=1S/C27H33F3N4O2/c1-4-5-6-7-15-35-22-13-11-20(12-14-22)33-26-31-17-24(27(28,29)30)25(34-26)32-21-9-8-10-23(16-21)36-18-19(2)3/h8-14,16-17,19H,4-7,15,18H2,1-3H3,(H2,31,32,33,34). The maximum Gasteiger partial charge on any atom is 0.421 e. The number of hydrogen-bond acceptors (Lipinski definition) is 6. The minimum Gasteiger partial charge on any atom is -0.494 e. The first kappa shape index (κ1) is 27.1. The van der Waals surface area contributed by atoms with E-state index in [1.807, 2.05) is 13.8 Å². The molecule has 194 valence electrons. The van der Waals surface area contributed by atoms with Gasteiger partial charge in [0.05, 0.1) is 13.2 Å². The first-order valence-corrected chi connectivity index (χ1v) is 12.2. The second-order valence-corrected chi connectivity index (χ2v) is 8.87. The van der Waals surface area contributed by atoms with Crippen LogP contribution in [0.3, 0.4) is 0 Å². The smallest absolute Gasteiger partial charge is 0.421 e. The molecule has 0 bridgehead atoms. The Morgan fingerprint density at radius 1 is 0.889 bits per heavy atom. The molecule has 1 aromatic heterocycles. The molecular formula is C27H33F3N4O2. The third-order valence-corrected chi connectivity index (χ3v) is 5.15. The molecule has 9 heteroatoms. The lowest BCUT2D eigenvalue weighted by Crippen LogP contribution is -2.12. The summed E-state index contributed by atoms with van der Waals surface area (Å²) in [5, 5.41) is 5.72. The lowest BCUT2D eigenvalue weighted by atomic mass is 10.2. The third kappa shape index (κ3) is 8.62. The Bertz CT molecular complexity index is 1090. The number of nitrogens with one attached hydrogen (secondary N) is 2. The summed E-state index contributed by atoms with van der Waals surface area (Å²) in [6, 6.07) is 13.9. The van der Waals surface area contributed by atoms with Gasteiger partial charge in [0.25, 0.3) is 0 Å². The van der Waals surface area contributed by atoms with Gasteiger partial charge in [0.2, 0.25) is 5.95 Å². The maximum atomic E-state index is 13.6. The Morgan fingerprint density at radius 3 is 2.36 bits per heavy atom. The van der Waals surface area contributed by atoms with Crippen molar-refractivity contribution in [2.45, 2.75) is 52.6 Å². The van der Waals surface area contributed by atoms with Gasteiger partial charge >= 0.3 is 6.18 Å². The summed E-state index contributed by atoms with van der Waals surface area (Å²) in [5.74, 6) is 1.29. The van der Waals surface area contributed by atoms with Crippen molar-refractivity contribution in [2.75, 3.05) is 23.8 Å². The fourth-order valence-corrected chi connectivity index (χ4v) is 3.29. The van der Waals surface area contributed by atoms with E-state index >= 15 is 0 Å². The number of rotatable bonds is 13. The van der Waals surface area contributed by atoms with Gasteiger partial charge in [0, 0.05) is 23.6 Å². The van der Waals surface area contributed by atoms with Crippen molar-refractivity contribution >= 4 is 23.1 Å². The highest BCUT2D eigenvalue weighted by molar-refractivity contribution is 5.64. The van der Waals surface area contributed by atoms with Crippen LogP contribution < -0.4 is 20.1 Å². The Labute approximate surface area is 210 Å². The number of unbranched alkanes of at least 4 members (excludes halogenated alkanes) is 3. The van der Waals surface area contributed by atoms with Crippen molar-refractivity contribution in [3.8, 4) is 11.5 Å². The molecular weight excluding hydrogens is 469 g/mol. The highest BCUT2D eigenvalue weighted by Gasteiger charge is 2.35. The molecule has 0 radical (unpaired) electrons. The second-order valence-electron chi connectivity index (χ2n) is 8.87. The maximum absolute atomic E-state index is 13.6. The Kier molecular flexibility index (Phi) is 9.78. The van der Waals surface area contributed by atoms with E-state index in [0.29, 0.717) is 36.3 Å². The van der Waals surface area contributed by atoms with E-state index in [0.717, 1.165) is 24.8 Å². The minimum atomic E-state index is -4.62. The van der Waals surface area contributed by atoms with E-state index in [2.05, 4.69) is 27.5 Å². The predicted octanol–water partition coefficient (Wildman–Crippen LogP) is 7.98. The zero-order valence-corrected chi connectivity index (χ0v) is 20.9. The van der Waals surface area contributed by atoms with Gasteiger partial charge in [0.1, 0.15) is 22.9 Å². The molecule has 0 aliphatic carbocycles. The van der Waals surface area contributed by atoms with Gasteiger partial charge in [-0.05, 0) is 48.7 Å². The van der Waals surface area contributed by atoms with E-state index in [1.54, 1.807) is 48.5 Å². The molecule has 0 fully saturated rings. The summed E-state index contributed by atoms with van der Waals surface area (Å²) < 4.78 is 52.3. The quantitative estimate of drug-likeness (QED) is 0.231. The zero-order chi connectivity index (χ0) is 26.0. The first-order chi connectivity index (χ1) is 17.2. The molecule has 0 aliphatic rings. The Morgan fingerprint density at radius 2 is 1.67 bits per heavy atom. The van der Waals surface area contributed by atoms with Crippen molar-refractivity contribution in [3.63, 3.8) is 0 Å². The molecule has 0 unspecified atom stereocenters. The summed E-state index contributed by atoms with van der Waals surface area (Å²) in [7, 11) is 0. The van der Waals surface area contributed by atoms with Crippen LogP contribution in [0, 0.1) is 5.92 Å². The van der Waals surface area contributed by atoms with Gasteiger partial charge in [-0.3, -0.25) is 0 Å². The molecule has 0 saturated carbocycles. The molecule has 0 spiro atoms. The van der Waals surface area contributed by atoms with E-state index in [4.69, 9.17) is 9.47 Å². The van der Waals surface area contributed by atoms with Crippen LogP contribution >= 0.6 is 0 Å². The lowest BCUT2D eigenvalue weighted by molar-refractivity contribution is -0.137. The van der Waals surface area contributed by atoms with Crippen LogP contribution in [0.5, 0.6) is 11.5 Å². The average molecular weight is 503 g/mol. The molecule has 0 amide bonds. The molecule has 1 heterocycles. The molecule has 0 aliphatic heterocycles. The molecule has 0 atom stereocenters. The van der Waals surface area contributed by atoms with E-state index in [-0.39, 0.29) is 11.8 Å². The Hall–Kier alpha value is -3.49. The topological polar surface area (TPSA) is 68.3 Å². The highest BCUT2D eigenvalue weighted by atomic mass is 19.4. The summed E-state index contributed by atoms with van der Waals surface area (Å²) in [6.45, 7) is 7.34. The number of benzene rings is 2. The molecule has 3 rings (SSSR count). The minimum absolute atomic E-state index is 0.0333. The van der Waals surface area contributed by atoms with Gasteiger partial charge < -0.3 is 20.1 Å². The molecule has 0 saturated heterocycles. The average Bonchev–Trinajstić information content (AvgIpc) is 2.83. The van der Waals surface area contributed by atoms with Crippen molar-refractivity contribution in [1.29, 1.82) is 0 Å². The van der Waals surface area contributed by atoms with Gasteiger partial charge in [-0.25, -0.2) is 4.98 Å². The van der Waals surface area contributed by atoms with Crippen LogP contribution in [0.25, 0.3) is 0 Å². The van der Waals surface area contributed by atoms with Crippen LogP contribution in [0.15, 0.2) is 54.7 Å². The summed E-state index contributed by atoms with van der Waals surface area (Å²) in [6.07, 6.45) is 0.631. The zero-order valence-electron chi connectivity index (χ0n) is 20.9. The second kappa shape index (κ2) is 13.0. The van der Waals surface area contributed by atoms with Gasteiger partial charge in [-0.1, -0.05) is 46.1 Å². The van der Waals surface area contributed by atoms with Crippen LogP contribution in [-0.4, -0.2) is 23.2 Å². The number of alkyl halides is 3. The fourth-order valence-electron chi connectivity index (χ4n) is 3.29. The van der Waals surface area contributed by atoms with Crippen molar-refractivity contribution < 1.29 is 22.6 Å². The SMILES string of the molecule is CCCCCCOc1ccc(Nc2ncc(C(F)(F)F)c(Nc3cccc(OCC(C)C)c3)n2)cc1. The number of aromatic nitrogens is 2. The monoisotopic (exact) mass is 502 g/mol. The normalized spacial score (nSPS) is 11.4. The molecule has 2 aromatic carbocycles. The van der Waals surface area contributed by atoms with E-state index < -0.39 is 11.7 Å². The number of nitrogens with zero attached hydrogens (tertiary/aromatic N) is 2. The third-order valence-electron chi connectivity index (χ3n) is 5.15. The first-order valence-electron chi connectivity index (χ1n) is 12.2. The lowest BCUT2D eigenvalue weighted by Gasteiger charge is -2.16. The van der Waals surface area contributed by atoms with E-state index in [1.165, 1.54) is 12.8 Å². The fraction of sp³-hybridized carbons (Fsp3) is 0.407. The van der Waals surface area contributed by atoms with Crippen LogP contribution in [0.2, 0.25) is 0 Å². The largest absolute Gasteiger partial charge is 0.494 e. The van der Waals surface area contributed by atoms with Crippen molar-refractivity contribution in [1.82, 2.24) is 9.97 Å². The number of anilines is 4. The molecule has 6 nitrogen and oxygen atoms in total. The summed E-state index contributed by atoms with van der Waals surface area (Å²) >= 11 is 0. The number of halogens is 3. The van der Waals surface area contributed by atoms with Crippen LogP contribution in [0.1, 0.15) is 52.0 Å². The van der Waals surface area contributed by atoms with Crippen LogP contribution in [0.4, 0.5) is 36.3 Å². The van der Waals surface area contributed by atoms with Gasteiger partial charge in [0.15, 0.2) is 0 Å². The Balaban J connectivity index is 1.72. The number of ether oxygens (including phenoxy) is 2. The highest BCUT2D eigenvalue weighted by Crippen LogP contribution is 2.36. The van der Waals surface area contributed by atoms with Crippen molar-refractivity contribution in [2.24, 2.45) is 5.92 Å². The predicted molar refractivity (Wildman–Crippen MR) is 136 cm³/mol. The summed E-state index contributed by atoms with van der Waals surface area (Å²) in [5.41, 5.74) is 0.0864. The van der Waals surface area contributed by atoms with Gasteiger partial charge in [-0.2, -0.15) is 18.2 Å². The molecule has 2 N–H and O–H groups in total. The van der Waals surface area contributed by atoms with E-state index in [9.17, 15) is 13.2 Å². The van der Waals surface area contributed by atoms with Crippen molar-refractivity contribution in [3.05, 3.63) is 60.3 Å². The molecule has 36 heavy (non-hydrogen) atoms. The summed E-state index contributed by atoms with van der Waals surface area (Å²) in [4.78, 5) is 7.98. The van der Waals surface area contributed by atoms with Crippen LogP contribution in [-0.2, 0) is 6.18 Å². The van der Waals surface area contributed by atoms with Gasteiger partial charge in [-0.15, -0.1) is 0 Å². The molecule has 3 aromatic rings. The number of hydrogen-bond donors (Lipinski definition) is 2.